The van der Waals surface area contributed by atoms with Gasteiger partial charge in [-0.05, 0) is 73.1 Å². The average molecular weight is 602 g/mol. The summed E-state index contributed by atoms with van der Waals surface area (Å²) in [7, 11) is 1.41. The molecular formula is C33H33F2N5O4. The second-order valence-corrected chi connectivity index (χ2v) is 11.2. The summed E-state index contributed by atoms with van der Waals surface area (Å²) < 4.78 is 32.3. The first-order chi connectivity index (χ1) is 21.0. The molecule has 1 aliphatic rings. The molecule has 1 saturated heterocycles. The van der Waals surface area contributed by atoms with Gasteiger partial charge in [-0.1, -0.05) is 26.5 Å². The predicted molar refractivity (Wildman–Crippen MR) is 163 cm³/mol. The Hall–Kier alpha value is -4.93. The number of likely N-dealkylation sites (tertiary alicyclic amines) is 1. The molecule has 2 N–H and O–H groups in total. The van der Waals surface area contributed by atoms with Crippen LogP contribution in [0.1, 0.15) is 65.7 Å². The van der Waals surface area contributed by atoms with Crippen molar-refractivity contribution in [2.75, 3.05) is 20.1 Å². The van der Waals surface area contributed by atoms with Gasteiger partial charge in [0.2, 0.25) is 5.91 Å². The van der Waals surface area contributed by atoms with Crippen molar-refractivity contribution in [2.45, 2.75) is 45.4 Å². The minimum atomic E-state index is -0.946. The molecule has 0 bridgehead atoms. The van der Waals surface area contributed by atoms with E-state index in [0.29, 0.717) is 48.4 Å². The number of carbonyl (C=O) groups excluding carboxylic acids is 2. The summed E-state index contributed by atoms with van der Waals surface area (Å²) in [5.41, 5.74) is 0.0517. The number of hydrogen-bond donors (Lipinski definition) is 2. The topological polar surface area (TPSA) is 117 Å². The van der Waals surface area contributed by atoms with Gasteiger partial charge in [-0.25, -0.2) is 13.8 Å². The van der Waals surface area contributed by atoms with E-state index in [1.54, 1.807) is 24.1 Å². The molecule has 0 unspecified atom stereocenters. The number of hydrogen-bond acceptors (Lipinski definition) is 6. The third-order valence-electron chi connectivity index (χ3n) is 8.14. The zero-order valence-electron chi connectivity index (χ0n) is 24.9. The zero-order chi connectivity index (χ0) is 31.9. The lowest BCUT2D eigenvalue weighted by Crippen LogP contribution is -2.39. The summed E-state index contributed by atoms with van der Waals surface area (Å²) in [6.07, 6.45) is 3.63. The van der Waals surface area contributed by atoms with Gasteiger partial charge in [-0.3, -0.25) is 23.9 Å². The van der Waals surface area contributed by atoms with Crippen LogP contribution >= 0.6 is 0 Å². The van der Waals surface area contributed by atoms with Crippen LogP contribution < -0.4 is 10.9 Å². The highest BCUT2D eigenvalue weighted by Gasteiger charge is 2.33. The standard InChI is InChI=1S/C33H33F2N5O4/c1-6-24(42)39-14-11-19(12-15-39)25-20-16-22(35)29(26-21(34)8-7-9-23(26)41)38-31(20)40(33(44)27(25)32(43)36-5)30-18(4)10-13-37-28(30)17(2)3/h6-10,13,16-17,19,41H,1,11-12,14-15H2,2-5H3,(H,36,43). The molecule has 0 atom stereocenters. The van der Waals surface area contributed by atoms with Crippen molar-refractivity contribution in [3.05, 3.63) is 93.6 Å². The van der Waals surface area contributed by atoms with E-state index in [0.717, 1.165) is 12.1 Å². The number of aromatic nitrogens is 3. The van der Waals surface area contributed by atoms with E-state index in [4.69, 9.17) is 0 Å². The number of phenolic OH excluding ortho intramolecular Hbond substituents is 1. The molecule has 4 heterocycles. The normalized spacial score (nSPS) is 13.8. The second-order valence-electron chi connectivity index (χ2n) is 11.2. The Morgan fingerprint density at radius 1 is 1.16 bits per heavy atom. The van der Waals surface area contributed by atoms with Crippen molar-refractivity contribution >= 4 is 22.8 Å². The highest BCUT2D eigenvalue weighted by molar-refractivity contribution is 6.01. The van der Waals surface area contributed by atoms with Crippen LogP contribution in [0.15, 0.2) is 54.0 Å². The molecule has 2 amide bonds. The van der Waals surface area contributed by atoms with E-state index in [1.165, 1.54) is 29.8 Å². The molecule has 0 radical (unpaired) electrons. The molecule has 5 rings (SSSR count). The quantitative estimate of drug-likeness (QED) is 0.297. The summed E-state index contributed by atoms with van der Waals surface area (Å²) in [6.45, 7) is 9.81. The number of benzene rings is 1. The van der Waals surface area contributed by atoms with Crippen LogP contribution in [0.4, 0.5) is 8.78 Å². The van der Waals surface area contributed by atoms with Gasteiger partial charge in [0.05, 0.1) is 16.9 Å². The number of aryl methyl sites for hydroxylation is 1. The third kappa shape index (κ3) is 5.12. The van der Waals surface area contributed by atoms with E-state index >= 15 is 8.78 Å². The van der Waals surface area contributed by atoms with E-state index in [-0.39, 0.29) is 28.4 Å². The molecule has 11 heteroatoms. The van der Waals surface area contributed by atoms with E-state index in [1.807, 2.05) is 13.8 Å². The Morgan fingerprint density at radius 2 is 1.86 bits per heavy atom. The average Bonchev–Trinajstić information content (AvgIpc) is 3.00. The number of fused-ring (bicyclic) bond motifs is 1. The Bertz CT molecular complexity index is 1860. The number of piperidine rings is 1. The molecule has 4 aromatic rings. The maximum absolute atomic E-state index is 16.1. The number of phenols is 1. The zero-order valence-corrected chi connectivity index (χ0v) is 24.9. The van der Waals surface area contributed by atoms with Gasteiger partial charge in [-0.15, -0.1) is 0 Å². The highest BCUT2D eigenvalue weighted by atomic mass is 19.1. The van der Waals surface area contributed by atoms with Gasteiger partial charge in [0.15, 0.2) is 5.82 Å². The van der Waals surface area contributed by atoms with Crippen molar-refractivity contribution in [1.29, 1.82) is 0 Å². The fraction of sp³-hybridized carbons (Fsp3) is 0.303. The Kier molecular flexibility index (Phi) is 8.31. The number of nitrogens with zero attached hydrogens (tertiary/aromatic N) is 4. The number of halogens is 2. The number of amides is 2. The lowest BCUT2D eigenvalue weighted by atomic mass is 9.84. The molecule has 0 saturated carbocycles. The molecule has 9 nitrogen and oxygen atoms in total. The van der Waals surface area contributed by atoms with Crippen molar-refractivity contribution in [2.24, 2.45) is 0 Å². The second kappa shape index (κ2) is 12.0. The monoisotopic (exact) mass is 601 g/mol. The van der Waals surface area contributed by atoms with Gasteiger partial charge in [-0.2, -0.15) is 0 Å². The molecule has 1 aromatic carbocycles. The van der Waals surface area contributed by atoms with Gasteiger partial charge in [0.25, 0.3) is 11.5 Å². The van der Waals surface area contributed by atoms with Crippen LogP contribution in [-0.2, 0) is 4.79 Å². The van der Waals surface area contributed by atoms with Crippen LogP contribution in [0.5, 0.6) is 5.75 Å². The molecule has 44 heavy (non-hydrogen) atoms. The number of nitrogens with one attached hydrogen (secondary N) is 1. The predicted octanol–water partition coefficient (Wildman–Crippen LogP) is 5.11. The lowest BCUT2D eigenvalue weighted by Gasteiger charge is -2.33. The van der Waals surface area contributed by atoms with Gasteiger partial charge in [0.1, 0.15) is 28.5 Å². The summed E-state index contributed by atoms with van der Waals surface area (Å²) in [6, 6.07) is 6.44. The van der Waals surface area contributed by atoms with Crippen LogP contribution in [0.25, 0.3) is 28.0 Å². The highest BCUT2D eigenvalue weighted by Crippen LogP contribution is 2.39. The molecule has 1 aliphatic heterocycles. The summed E-state index contributed by atoms with van der Waals surface area (Å²) >= 11 is 0. The first-order valence-electron chi connectivity index (χ1n) is 14.4. The molecular weight excluding hydrogens is 568 g/mol. The SMILES string of the molecule is C=CC(=O)N1CCC(c2c(C(=O)NC)c(=O)n(-c3c(C)ccnc3C(C)C)c3nc(-c4c(O)cccc4F)c(F)cc23)CC1. The summed E-state index contributed by atoms with van der Waals surface area (Å²) in [5.74, 6) is -3.82. The summed E-state index contributed by atoms with van der Waals surface area (Å²) in [4.78, 5) is 51.0. The molecule has 228 valence electrons. The Balaban J connectivity index is 1.93. The lowest BCUT2D eigenvalue weighted by molar-refractivity contribution is -0.127. The summed E-state index contributed by atoms with van der Waals surface area (Å²) in [5, 5.41) is 13.3. The number of carbonyl (C=O) groups is 2. The van der Waals surface area contributed by atoms with Crippen molar-refractivity contribution in [1.82, 2.24) is 24.8 Å². The van der Waals surface area contributed by atoms with Crippen molar-refractivity contribution in [3.8, 4) is 22.7 Å². The van der Waals surface area contributed by atoms with Crippen LogP contribution in [0.2, 0.25) is 0 Å². The first kappa shape index (κ1) is 30.5. The van der Waals surface area contributed by atoms with Crippen molar-refractivity contribution < 1.29 is 23.5 Å². The van der Waals surface area contributed by atoms with E-state index < -0.39 is 46.0 Å². The fourth-order valence-electron chi connectivity index (χ4n) is 6.01. The van der Waals surface area contributed by atoms with Gasteiger partial charge >= 0.3 is 0 Å². The van der Waals surface area contributed by atoms with E-state index in [9.17, 15) is 19.5 Å². The smallest absolute Gasteiger partial charge is 0.270 e. The molecule has 3 aromatic heterocycles. The van der Waals surface area contributed by atoms with Crippen LogP contribution in [0, 0.1) is 18.6 Å². The van der Waals surface area contributed by atoms with Crippen molar-refractivity contribution in [3.63, 3.8) is 0 Å². The van der Waals surface area contributed by atoms with Crippen LogP contribution in [0.3, 0.4) is 0 Å². The first-order valence-corrected chi connectivity index (χ1v) is 14.4. The molecule has 0 aliphatic carbocycles. The third-order valence-corrected chi connectivity index (χ3v) is 8.14. The molecule has 1 fully saturated rings. The maximum atomic E-state index is 16.1. The fourth-order valence-corrected chi connectivity index (χ4v) is 6.01. The number of aromatic hydroxyl groups is 1. The minimum absolute atomic E-state index is 0.0145. The van der Waals surface area contributed by atoms with Crippen LogP contribution in [-0.4, -0.2) is 56.5 Å². The Morgan fingerprint density at radius 3 is 2.48 bits per heavy atom. The Labute approximate surface area is 252 Å². The number of pyridine rings is 3. The largest absolute Gasteiger partial charge is 0.507 e. The van der Waals surface area contributed by atoms with E-state index in [2.05, 4.69) is 21.9 Å². The maximum Gasteiger partial charge on any atom is 0.270 e. The number of rotatable bonds is 6. The minimum Gasteiger partial charge on any atom is -0.507 e. The van der Waals surface area contributed by atoms with Gasteiger partial charge in [0, 0.05) is 31.7 Å². The molecule has 0 spiro atoms. The van der Waals surface area contributed by atoms with Gasteiger partial charge < -0.3 is 15.3 Å².